The van der Waals surface area contributed by atoms with Crippen molar-refractivity contribution in [1.29, 1.82) is 0 Å². The van der Waals surface area contributed by atoms with E-state index in [1.54, 1.807) is 0 Å². The van der Waals surface area contributed by atoms with Gasteiger partial charge in [0.15, 0.2) is 0 Å². The zero-order valence-electron chi connectivity index (χ0n) is 11.4. The van der Waals surface area contributed by atoms with Gasteiger partial charge in [0.05, 0.1) is 0 Å². The van der Waals surface area contributed by atoms with Crippen LogP contribution < -0.4 is 11.1 Å². The predicted octanol–water partition coefficient (Wildman–Crippen LogP) is 3.28. The van der Waals surface area contributed by atoms with Crippen molar-refractivity contribution < 1.29 is 0 Å². The van der Waals surface area contributed by atoms with Crippen molar-refractivity contribution in [3.8, 4) is 0 Å². The molecule has 2 atom stereocenters. The highest BCUT2D eigenvalue weighted by Crippen LogP contribution is 2.34. The van der Waals surface area contributed by atoms with E-state index in [0.717, 1.165) is 12.1 Å². The number of fused-ring (bicyclic) bond motifs is 1. The summed E-state index contributed by atoms with van der Waals surface area (Å²) in [7, 11) is 0. The van der Waals surface area contributed by atoms with Gasteiger partial charge in [-0.15, -0.1) is 0 Å². The zero-order valence-corrected chi connectivity index (χ0v) is 11.4. The van der Waals surface area contributed by atoms with Gasteiger partial charge in [0.25, 0.3) is 0 Å². The molecule has 2 unspecified atom stereocenters. The number of benzene rings is 1. The molecule has 1 aliphatic carbocycles. The molecule has 0 spiro atoms. The molecule has 0 saturated heterocycles. The van der Waals surface area contributed by atoms with Gasteiger partial charge in [-0.1, -0.05) is 26.8 Å². The molecule has 3 N–H and O–H groups in total. The molecule has 1 aromatic rings. The summed E-state index contributed by atoms with van der Waals surface area (Å²) >= 11 is 0. The third-order valence-electron chi connectivity index (χ3n) is 4.00. The molecular weight excluding hydrogens is 208 g/mol. The molecule has 0 amide bonds. The van der Waals surface area contributed by atoms with E-state index in [1.165, 1.54) is 17.5 Å². The van der Waals surface area contributed by atoms with Gasteiger partial charge in [0.1, 0.15) is 0 Å². The third kappa shape index (κ3) is 2.63. The van der Waals surface area contributed by atoms with E-state index in [0.29, 0.717) is 17.5 Å². The zero-order chi connectivity index (χ0) is 12.6. The highest BCUT2D eigenvalue weighted by Gasteiger charge is 2.27. The molecule has 0 aromatic heterocycles. The van der Waals surface area contributed by atoms with Crippen molar-refractivity contribution in [2.24, 2.45) is 5.41 Å². The number of rotatable bonds is 2. The predicted molar refractivity (Wildman–Crippen MR) is 74.0 cm³/mol. The van der Waals surface area contributed by atoms with Crippen molar-refractivity contribution in [2.75, 3.05) is 5.73 Å². The monoisotopic (exact) mass is 232 g/mol. The van der Waals surface area contributed by atoms with E-state index in [9.17, 15) is 0 Å². The van der Waals surface area contributed by atoms with Gasteiger partial charge in [0.2, 0.25) is 0 Å². The summed E-state index contributed by atoms with van der Waals surface area (Å²) in [5.74, 6) is 0. The topological polar surface area (TPSA) is 38.0 Å². The van der Waals surface area contributed by atoms with E-state index < -0.39 is 0 Å². The Balaban J connectivity index is 2.12. The normalized spacial score (nSPS) is 21.3. The van der Waals surface area contributed by atoms with Gasteiger partial charge in [-0.2, -0.15) is 0 Å². The summed E-state index contributed by atoms with van der Waals surface area (Å²) in [4.78, 5) is 0. The van der Waals surface area contributed by atoms with Crippen molar-refractivity contribution in [1.82, 2.24) is 5.32 Å². The molecule has 0 radical (unpaired) electrons. The molecule has 0 bridgehead atoms. The average Bonchev–Trinajstić information content (AvgIpc) is 2.59. The molecule has 0 heterocycles. The SMILES string of the molecule is CC(NC1CCc2cc(N)ccc21)C(C)(C)C. The Kier molecular flexibility index (Phi) is 3.17. The van der Waals surface area contributed by atoms with Gasteiger partial charge in [-0.25, -0.2) is 0 Å². The maximum atomic E-state index is 5.83. The minimum Gasteiger partial charge on any atom is -0.399 e. The van der Waals surface area contributed by atoms with E-state index in [2.05, 4.69) is 45.1 Å². The molecule has 2 rings (SSSR count). The van der Waals surface area contributed by atoms with Crippen LogP contribution >= 0.6 is 0 Å². The van der Waals surface area contributed by atoms with Crippen molar-refractivity contribution in [2.45, 2.75) is 52.6 Å². The van der Waals surface area contributed by atoms with Gasteiger partial charge in [0, 0.05) is 17.8 Å². The molecular formula is C15H24N2. The smallest absolute Gasteiger partial charge is 0.0328 e. The quantitative estimate of drug-likeness (QED) is 0.768. The highest BCUT2D eigenvalue weighted by atomic mass is 15.0. The second-order valence-electron chi connectivity index (χ2n) is 6.30. The van der Waals surface area contributed by atoms with Gasteiger partial charge >= 0.3 is 0 Å². The van der Waals surface area contributed by atoms with Crippen molar-refractivity contribution in [3.05, 3.63) is 29.3 Å². The first kappa shape index (κ1) is 12.4. The minimum atomic E-state index is 0.302. The van der Waals surface area contributed by atoms with E-state index >= 15 is 0 Å². The summed E-state index contributed by atoms with van der Waals surface area (Å²) in [5.41, 5.74) is 9.87. The lowest BCUT2D eigenvalue weighted by Crippen LogP contribution is -2.39. The van der Waals surface area contributed by atoms with E-state index in [-0.39, 0.29) is 0 Å². The number of hydrogen-bond acceptors (Lipinski definition) is 2. The Morgan fingerprint density at radius 2 is 2.06 bits per heavy atom. The number of nitrogens with one attached hydrogen (secondary N) is 1. The first-order valence-electron chi connectivity index (χ1n) is 6.52. The largest absolute Gasteiger partial charge is 0.399 e. The summed E-state index contributed by atoms with van der Waals surface area (Å²) in [5, 5.41) is 3.75. The number of nitrogen functional groups attached to an aromatic ring is 1. The number of nitrogens with two attached hydrogens (primary N) is 1. The van der Waals surface area contributed by atoms with Crippen LogP contribution in [0.4, 0.5) is 5.69 Å². The van der Waals surface area contributed by atoms with E-state index in [4.69, 9.17) is 5.73 Å². The lowest BCUT2D eigenvalue weighted by molar-refractivity contribution is 0.262. The maximum absolute atomic E-state index is 5.83. The molecule has 0 fully saturated rings. The lowest BCUT2D eigenvalue weighted by atomic mass is 9.87. The van der Waals surface area contributed by atoms with E-state index in [1.807, 2.05) is 6.07 Å². The van der Waals surface area contributed by atoms with Crippen LogP contribution in [0.5, 0.6) is 0 Å². The van der Waals surface area contributed by atoms with Crippen LogP contribution in [0.15, 0.2) is 18.2 Å². The van der Waals surface area contributed by atoms with Gasteiger partial charge in [-0.05, 0) is 48.4 Å². The lowest BCUT2D eigenvalue weighted by Gasteiger charge is -2.31. The number of aryl methyl sites for hydroxylation is 1. The second-order valence-corrected chi connectivity index (χ2v) is 6.30. The van der Waals surface area contributed by atoms with Crippen molar-refractivity contribution >= 4 is 5.69 Å². The number of anilines is 1. The Morgan fingerprint density at radius 3 is 2.71 bits per heavy atom. The molecule has 0 saturated carbocycles. The van der Waals surface area contributed by atoms with Crippen LogP contribution in [0.1, 0.15) is 51.3 Å². The molecule has 1 aliphatic rings. The Hall–Kier alpha value is -1.02. The molecule has 17 heavy (non-hydrogen) atoms. The van der Waals surface area contributed by atoms with Crippen LogP contribution in [-0.2, 0) is 6.42 Å². The Morgan fingerprint density at radius 1 is 1.35 bits per heavy atom. The number of hydrogen-bond donors (Lipinski definition) is 2. The standard InChI is InChI=1S/C15H24N2/c1-10(15(2,3)4)17-14-8-5-11-9-12(16)6-7-13(11)14/h6-7,9-10,14,17H,5,8,16H2,1-4H3. The summed E-state index contributed by atoms with van der Waals surface area (Å²) in [6.45, 7) is 9.12. The fourth-order valence-corrected chi connectivity index (χ4v) is 2.36. The van der Waals surface area contributed by atoms with Crippen LogP contribution in [-0.4, -0.2) is 6.04 Å². The summed E-state index contributed by atoms with van der Waals surface area (Å²) < 4.78 is 0. The third-order valence-corrected chi connectivity index (χ3v) is 4.00. The Bertz CT molecular complexity index is 404. The Labute approximate surface area is 105 Å². The minimum absolute atomic E-state index is 0.302. The first-order valence-corrected chi connectivity index (χ1v) is 6.52. The molecule has 94 valence electrons. The van der Waals surface area contributed by atoms with Crippen LogP contribution in [0, 0.1) is 5.41 Å². The summed E-state index contributed by atoms with van der Waals surface area (Å²) in [6.07, 6.45) is 2.34. The fraction of sp³-hybridized carbons (Fsp3) is 0.600. The highest BCUT2D eigenvalue weighted by molar-refractivity contribution is 5.47. The van der Waals surface area contributed by atoms with Gasteiger partial charge in [-0.3, -0.25) is 0 Å². The van der Waals surface area contributed by atoms with Gasteiger partial charge < -0.3 is 11.1 Å². The fourth-order valence-electron chi connectivity index (χ4n) is 2.36. The van der Waals surface area contributed by atoms with Crippen LogP contribution in [0.2, 0.25) is 0 Å². The second kappa shape index (κ2) is 4.34. The molecule has 2 nitrogen and oxygen atoms in total. The molecule has 0 aliphatic heterocycles. The molecule has 1 aromatic carbocycles. The summed E-state index contributed by atoms with van der Waals surface area (Å²) in [6, 6.07) is 7.33. The first-order chi connectivity index (χ1) is 7.88. The maximum Gasteiger partial charge on any atom is 0.0328 e. The van der Waals surface area contributed by atoms with Crippen molar-refractivity contribution in [3.63, 3.8) is 0 Å². The average molecular weight is 232 g/mol. The van der Waals surface area contributed by atoms with Crippen LogP contribution in [0.25, 0.3) is 0 Å². The van der Waals surface area contributed by atoms with Crippen LogP contribution in [0.3, 0.4) is 0 Å². The molecule has 2 heteroatoms.